The average molecular weight is 238 g/mol. The first-order valence-electron chi connectivity index (χ1n) is 5.26. The number of rotatable bonds is 3. The molecule has 1 unspecified atom stereocenters. The lowest BCUT2D eigenvalue weighted by atomic mass is 10.1. The van der Waals surface area contributed by atoms with Crippen molar-refractivity contribution in [2.24, 2.45) is 5.73 Å². The number of aromatic nitrogens is 1. The molecule has 1 atom stereocenters. The first-order chi connectivity index (χ1) is 7.63. The van der Waals surface area contributed by atoms with E-state index in [2.05, 4.69) is 9.88 Å². The summed E-state index contributed by atoms with van der Waals surface area (Å²) in [4.78, 5) is 5.35. The largest absolute Gasteiger partial charge is 0.361 e. The van der Waals surface area contributed by atoms with Gasteiger partial charge in [-0.3, -0.25) is 0 Å². The highest BCUT2D eigenvalue weighted by molar-refractivity contribution is 6.31. The highest BCUT2D eigenvalue weighted by Gasteiger charge is 2.16. The fourth-order valence-corrected chi connectivity index (χ4v) is 2.18. The van der Waals surface area contributed by atoms with Gasteiger partial charge in [0, 0.05) is 34.7 Å². The van der Waals surface area contributed by atoms with Gasteiger partial charge in [0.25, 0.3) is 0 Å². The lowest BCUT2D eigenvalue weighted by Crippen LogP contribution is -2.26. The number of likely N-dealkylation sites (N-methyl/N-ethyl adjacent to an activating group) is 1. The van der Waals surface area contributed by atoms with Crippen LogP contribution in [0.15, 0.2) is 24.4 Å². The molecule has 2 aromatic rings. The number of nitrogens with two attached hydrogens (primary N) is 1. The minimum Gasteiger partial charge on any atom is -0.361 e. The summed E-state index contributed by atoms with van der Waals surface area (Å²) in [5, 5.41) is 1.93. The van der Waals surface area contributed by atoms with Crippen molar-refractivity contribution < 1.29 is 0 Å². The zero-order valence-corrected chi connectivity index (χ0v) is 10.3. The molecule has 3 N–H and O–H groups in total. The predicted octanol–water partition coefficient (Wildman–Crippen LogP) is 2.38. The molecule has 16 heavy (non-hydrogen) atoms. The van der Waals surface area contributed by atoms with Gasteiger partial charge < -0.3 is 15.6 Å². The van der Waals surface area contributed by atoms with E-state index in [1.165, 1.54) is 10.9 Å². The van der Waals surface area contributed by atoms with E-state index in [0.29, 0.717) is 6.54 Å². The molecule has 0 aliphatic heterocycles. The smallest absolute Gasteiger partial charge is 0.0485 e. The van der Waals surface area contributed by atoms with E-state index in [0.717, 1.165) is 10.5 Å². The normalized spacial score (nSPS) is 13.6. The van der Waals surface area contributed by atoms with Crippen molar-refractivity contribution >= 4 is 22.5 Å². The molecular formula is C12H16ClN3. The molecule has 0 radical (unpaired) electrons. The van der Waals surface area contributed by atoms with Crippen molar-refractivity contribution in [3.05, 3.63) is 35.0 Å². The zero-order chi connectivity index (χ0) is 11.7. The van der Waals surface area contributed by atoms with E-state index < -0.39 is 0 Å². The molecule has 0 spiro atoms. The summed E-state index contributed by atoms with van der Waals surface area (Å²) in [5.74, 6) is 0. The third-order valence-electron chi connectivity index (χ3n) is 2.88. The van der Waals surface area contributed by atoms with Crippen LogP contribution in [0.3, 0.4) is 0 Å². The fraction of sp³-hybridized carbons (Fsp3) is 0.333. The van der Waals surface area contributed by atoms with Gasteiger partial charge >= 0.3 is 0 Å². The van der Waals surface area contributed by atoms with Crippen LogP contribution in [-0.4, -0.2) is 30.5 Å². The predicted molar refractivity (Wildman–Crippen MR) is 68.8 cm³/mol. The summed E-state index contributed by atoms with van der Waals surface area (Å²) >= 11 is 5.95. The Labute approximate surface area is 100 Å². The van der Waals surface area contributed by atoms with Gasteiger partial charge in [0.1, 0.15) is 0 Å². The highest BCUT2D eigenvalue weighted by atomic mass is 35.5. The van der Waals surface area contributed by atoms with Crippen LogP contribution in [0.25, 0.3) is 10.9 Å². The molecule has 4 heteroatoms. The number of H-pyrrole nitrogens is 1. The van der Waals surface area contributed by atoms with Gasteiger partial charge in [0.2, 0.25) is 0 Å². The van der Waals surface area contributed by atoms with Gasteiger partial charge in [-0.15, -0.1) is 0 Å². The van der Waals surface area contributed by atoms with Crippen LogP contribution >= 0.6 is 11.6 Å². The number of hydrogen-bond donors (Lipinski definition) is 2. The summed E-state index contributed by atoms with van der Waals surface area (Å²) < 4.78 is 0. The topological polar surface area (TPSA) is 45.0 Å². The molecular weight excluding hydrogens is 222 g/mol. The maximum Gasteiger partial charge on any atom is 0.0485 e. The first-order valence-corrected chi connectivity index (χ1v) is 5.64. The van der Waals surface area contributed by atoms with Crippen molar-refractivity contribution in [1.82, 2.24) is 9.88 Å². The van der Waals surface area contributed by atoms with Crippen molar-refractivity contribution in [2.75, 3.05) is 20.6 Å². The number of hydrogen-bond acceptors (Lipinski definition) is 2. The van der Waals surface area contributed by atoms with Crippen molar-refractivity contribution in [3.8, 4) is 0 Å². The minimum absolute atomic E-state index is 0.231. The third-order valence-corrected chi connectivity index (χ3v) is 3.12. The Balaban J connectivity index is 2.52. The molecule has 0 bridgehead atoms. The molecule has 1 aromatic heterocycles. The Morgan fingerprint density at radius 3 is 2.81 bits per heavy atom. The Morgan fingerprint density at radius 1 is 1.44 bits per heavy atom. The highest BCUT2D eigenvalue weighted by Crippen LogP contribution is 2.28. The van der Waals surface area contributed by atoms with Crippen LogP contribution in [0, 0.1) is 0 Å². The molecule has 86 valence electrons. The second kappa shape index (κ2) is 4.45. The quantitative estimate of drug-likeness (QED) is 0.861. The molecule has 0 amide bonds. The van der Waals surface area contributed by atoms with Crippen LogP contribution in [0.4, 0.5) is 0 Å². The number of fused-ring (bicyclic) bond motifs is 1. The van der Waals surface area contributed by atoms with E-state index in [4.69, 9.17) is 17.3 Å². The van der Waals surface area contributed by atoms with Gasteiger partial charge in [-0.1, -0.05) is 17.7 Å². The number of halogens is 1. The average Bonchev–Trinajstić information content (AvgIpc) is 2.62. The van der Waals surface area contributed by atoms with Crippen molar-refractivity contribution in [1.29, 1.82) is 0 Å². The molecule has 0 aliphatic rings. The second-order valence-electron chi connectivity index (χ2n) is 4.15. The SMILES string of the molecule is CN(C)C(CN)c1c[nH]c2cc(Cl)ccc12. The minimum atomic E-state index is 0.231. The fourth-order valence-electron chi connectivity index (χ4n) is 2.01. The molecule has 1 aromatic carbocycles. The summed E-state index contributed by atoms with van der Waals surface area (Å²) in [6.45, 7) is 0.600. The van der Waals surface area contributed by atoms with Gasteiger partial charge in [-0.25, -0.2) is 0 Å². The maximum atomic E-state index is 5.95. The Bertz CT molecular complexity index is 490. The maximum absolute atomic E-state index is 5.95. The van der Waals surface area contributed by atoms with Gasteiger partial charge in [-0.2, -0.15) is 0 Å². The van der Waals surface area contributed by atoms with Crippen LogP contribution < -0.4 is 5.73 Å². The summed E-state index contributed by atoms with van der Waals surface area (Å²) in [7, 11) is 4.07. The second-order valence-corrected chi connectivity index (χ2v) is 4.59. The standard InChI is InChI=1S/C12H16ClN3/c1-16(2)12(6-14)10-7-15-11-5-8(13)3-4-9(10)11/h3-5,7,12,15H,6,14H2,1-2H3. The van der Waals surface area contributed by atoms with E-state index >= 15 is 0 Å². The van der Waals surface area contributed by atoms with Crippen LogP contribution in [-0.2, 0) is 0 Å². The zero-order valence-electron chi connectivity index (χ0n) is 9.50. The number of nitrogens with one attached hydrogen (secondary N) is 1. The number of benzene rings is 1. The number of aromatic amines is 1. The molecule has 1 heterocycles. The molecule has 2 rings (SSSR count). The summed E-state index contributed by atoms with van der Waals surface area (Å²) in [5.41, 5.74) is 8.08. The van der Waals surface area contributed by atoms with Crippen molar-refractivity contribution in [3.63, 3.8) is 0 Å². The van der Waals surface area contributed by atoms with Crippen LogP contribution in [0.2, 0.25) is 5.02 Å². The summed E-state index contributed by atoms with van der Waals surface area (Å²) in [6, 6.07) is 6.11. The molecule has 0 fully saturated rings. The summed E-state index contributed by atoms with van der Waals surface area (Å²) in [6.07, 6.45) is 2.01. The van der Waals surface area contributed by atoms with Gasteiger partial charge in [0.15, 0.2) is 0 Å². The van der Waals surface area contributed by atoms with Gasteiger partial charge in [-0.05, 0) is 31.8 Å². The Hall–Kier alpha value is -1.03. The molecule has 3 nitrogen and oxygen atoms in total. The van der Waals surface area contributed by atoms with Crippen LogP contribution in [0.1, 0.15) is 11.6 Å². The molecule has 0 saturated carbocycles. The van der Waals surface area contributed by atoms with E-state index in [-0.39, 0.29) is 6.04 Å². The molecule has 0 saturated heterocycles. The van der Waals surface area contributed by atoms with E-state index in [1.54, 1.807) is 0 Å². The first kappa shape index (κ1) is 11.5. The van der Waals surface area contributed by atoms with Crippen molar-refractivity contribution in [2.45, 2.75) is 6.04 Å². The number of nitrogens with zero attached hydrogens (tertiary/aromatic N) is 1. The van der Waals surface area contributed by atoms with Crippen LogP contribution in [0.5, 0.6) is 0 Å². The Kier molecular flexibility index (Phi) is 3.19. The van der Waals surface area contributed by atoms with E-state index in [9.17, 15) is 0 Å². The molecule has 0 aliphatic carbocycles. The lowest BCUT2D eigenvalue weighted by molar-refractivity contribution is 0.308. The third kappa shape index (κ3) is 1.94. The lowest BCUT2D eigenvalue weighted by Gasteiger charge is -2.22. The Morgan fingerprint density at radius 2 is 2.19 bits per heavy atom. The van der Waals surface area contributed by atoms with Gasteiger partial charge in [0.05, 0.1) is 0 Å². The van der Waals surface area contributed by atoms with E-state index in [1.807, 2.05) is 38.5 Å². The monoisotopic (exact) mass is 237 g/mol.